The largest absolute Gasteiger partial charge is 0.493 e. The molecule has 0 bridgehead atoms. The summed E-state index contributed by atoms with van der Waals surface area (Å²) >= 11 is 0. The van der Waals surface area contributed by atoms with Crippen molar-refractivity contribution in [2.75, 3.05) is 12.4 Å². The van der Waals surface area contributed by atoms with Crippen LogP contribution in [0.1, 0.15) is 59.7 Å². The minimum atomic E-state index is -0.450. The summed E-state index contributed by atoms with van der Waals surface area (Å²) in [6.45, 7) is 6.25. The van der Waals surface area contributed by atoms with Crippen LogP contribution >= 0.6 is 0 Å². The number of hydrogen-bond acceptors (Lipinski definition) is 5. The van der Waals surface area contributed by atoms with Crippen LogP contribution in [0.4, 0.5) is 5.69 Å². The molecule has 1 heterocycles. The van der Waals surface area contributed by atoms with Gasteiger partial charge in [0.25, 0.3) is 0 Å². The molecule has 1 unspecified atom stereocenters. The smallest absolute Gasteiger partial charge is 0.343 e. The topological polar surface area (TPSA) is 64.6 Å². The van der Waals surface area contributed by atoms with E-state index < -0.39 is 5.97 Å². The molecular formula is C34H31NO4. The number of carbonyl (C=O) groups excluding carboxylic acids is 2. The molecule has 4 aromatic rings. The number of allylic oxidation sites excluding steroid dienone is 2. The summed E-state index contributed by atoms with van der Waals surface area (Å²) in [6.07, 6.45) is 1.29. The van der Waals surface area contributed by atoms with Crippen molar-refractivity contribution in [2.24, 2.45) is 5.41 Å². The molecule has 4 aromatic carbocycles. The van der Waals surface area contributed by atoms with E-state index in [1.165, 1.54) is 0 Å². The van der Waals surface area contributed by atoms with Gasteiger partial charge in [0, 0.05) is 29.3 Å². The number of fused-ring (bicyclic) bond motifs is 3. The van der Waals surface area contributed by atoms with Gasteiger partial charge in [-0.2, -0.15) is 0 Å². The monoisotopic (exact) mass is 517 g/mol. The first-order valence-corrected chi connectivity index (χ1v) is 13.3. The molecule has 0 fully saturated rings. The molecule has 1 aliphatic heterocycles. The molecule has 0 amide bonds. The van der Waals surface area contributed by atoms with Crippen LogP contribution in [0.15, 0.2) is 90.1 Å². The van der Waals surface area contributed by atoms with E-state index in [1.54, 1.807) is 25.3 Å². The molecule has 1 N–H and O–H groups in total. The fourth-order valence-electron chi connectivity index (χ4n) is 5.93. The molecule has 0 spiro atoms. The Balaban J connectivity index is 1.47. The maximum Gasteiger partial charge on any atom is 0.343 e. The summed E-state index contributed by atoms with van der Waals surface area (Å²) in [7, 11) is 1.56. The predicted molar refractivity (Wildman–Crippen MR) is 154 cm³/mol. The van der Waals surface area contributed by atoms with Gasteiger partial charge in [-0.05, 0) is 71.0 Å². The van der Waals surface area contributed by atoms with Crippen LogP contribution in [0.25, 0.3) is 10.8 Å². The molecule has 0 saturated carbocycles. The standard InChI is InChI=1S/C34H31NO4/c1-20-9-11-22(12-10-20)33(37)39-28-16-14-23(17-29(28)38-4)30-31-24-8-6-5-7-21(24)13-15-25(31)35-26-18-34(2,3)19-27(36)32(26)30/h5-17,30,35H,18-19H2,1-4H3. The fourth-order valence-corrected chi connectivity index (χ4v) is 5.93. The third-order valence-electron chi connectivity index (χ3n) is 7.76. The molecule has 6 rings (SSSR count). The SMILES string of the molecule is COc1cc(C2C3=C(CC(C)(C)CC3=O)Nc3ccc4ccccc4c32)ccc1OC(=O)c1ccc(C)cc1. The third-order valence-corrected chi connectivity index (χ3v) is 7.76. The lowest BCUT2D eigenvalue weighted by atomic mass is 9.68. The Kier molecular flexibility index (Phi) is 6.02. The zero-order valence-electron chi connectivity index (χ0n) is 22.6. The Labute approximate surface area is 228 Å². The highest BCUT2D eigenvalue weighted by Gasteiger charge is 2.41. The minimum absolute atomic E-state index is 0.118. The van der Waals surface area contributed by atoms with Gasteiger partial charge in [-0.3, -0.25) is 4.79 Å². The normalized spacial score (nSPS) is 17.7. The summed E-state index contributed by atoms with van der Waals surface area (Å²) in [5, 5.41) is 5.84. The molecule has 5 nitrogen and oxygen atoms in total. The Hall–Kier alpha value is -4.38. The van der Waals surface area contributed by atoms with Crippen LogP contribution in [0.5, 0.6) is 11.5 Å². The van der Waals surface area contributed by atoms with Crippen molar-refractivity contribution in [3.8, 4) is 11.5 Å². The van der Waals surface area contributed by atoms with Crippen LogP contribution in [-0.2, 0) is 4.79 Å². The van der Waals surface area contributed by atoms with Crippen molar-refractivity contribution >= 4 is 28.2 Å². The van der Waals surface area contributed by atoms with Gasteiger partial charge in [-0.1, -0.05) is 67.9 Å². The van der Waals surface area contributed by atoms with E-state index in [0.29, 0.717) is 23.5 Å². The second-order valence-corrected chi connectivity index (χ2v) is 11.3. The summed E-state index contributed by atoms with van der Waals surface area (Å²) < 4.78 is 11.5. The van der Waals surface area contributed by atoms with E-state index in [4.69, 9.17) is 9.47 Å². The molecule has 2 aliphatic rings. The van der Waals surface area contributed by atoms with Gasteiger partial charge in [-0.15, -0.1) is 0 Å². The second kappa shape index (κ2) is 9.42. The number of anilines is 1. The van der Waals surface area contributed by atoms with Gasteiger partial charge >= 0.3 is 5.97 Å². The Morgan fingerprint density at radius 2 is 1.69 bits per heavy atom. The Bertz CT molecular complexity index is 1660. The van der Waals surface area contributed by atoms with E-state index >= 15 is 0 Å². The lowest BCUT2D eigenvalue weighted by Gasteiger charge is -2.40. The van der Waals surface area contributed by atoms with Gasteiger partial charge < -0.3 is 14.8 Å². The summed E-state index contributed by atoms with van der Waals surface area (Å²) in [4.78, 5) is 26.6. The molecule has 1 atom stereocenters. The number of rotatable bonds is 4. The maximum atomic E-state index is 13.7. The van der Waals surface area contributed by atoms with Crippen molar-refractivity contribution in [2.45, 2.75) is 39.5 Å². The van der Waals surface area contributed by atoms with Gasteiger partial charge in [0.2, 0.25) is 0 Å². The van der Waals surface area contributed by atoms with Gasteiger partial charge in [-0.25, -0.2) is 4.79 Å². The number of ether oxygens (including phenoxy) is 2. The first-order valence-electron chi connectivity index (χ1n) is 13.3. The van der Waals surface area contributed by atoms with Crippen LogP contribution in [0, 0.1) is 12.3 Å². The predicted octanol–water partition coefficient (Wildman–Crippen LogP) is 7.58. The fraction of sp³-hybridized carbons (Fsp3) is 0.235. The number of nitrogens with one attached hydrogen (secondary N) is 1. The molecular weight excluding hydrogens is 486 g/mol. The quantitative estimate of drug-likeness (QED) is 0.223. The zero-order chi connectivity index (χ0) is 27.3. The van der Waals surface area contributed by atoms with E-state index in [0.717, 1.165) is 50.8 Å². The van der Waals surface area contributed by atoms with E-state index in [1.807, 2.05) is 43.3 Å². The summed E-state index contributed by atoms with van der Waals surface area (Å²) in [5.74, 6) is 0.213. The van der Waals surface area contributed by atoms with Crippen molar-refractivity contribution in [1.82, 2.24) is 0 Å². The second-order valence-electron chi connectivity index (χ2n) is 11.3. The first kappa shape index (κ1) is 24.9. The molecule has 1 aliphatic carbocycles. The van der Waals surface area contributed by atoms with Crippen molar-refractivity contribution in [3.05, 3.63) is 112 Å². The number of benzene rings is 4. The number of ketones is 1. The van der Waals surface area contributed by atoms with Crippen molar-refractivity contribution in [1.29, 1.82) is 0 Å². The van der Waals surface area contributed by atoms with E-state index in [2.05, 4.69) is 43.4 Å². The van der Waals surface area contributed by atoms with E-state index in [9.17, 15) is 9.59 Å². The lowest BCUT2D eigenvalue weighted by molar-refractivity contribution is -0.118. The highest BCUT2D eigenvalue weighted by atomic mass is 16.6. The zero-order valence-corrected chi connectivity index (χ0v) is 22.6. The molecule has 0 saturated heterocycles. The maximum absolute atomic E-state index is 13.7. The number of carbonyl (C=O) groups is 2. The number of Topliss-reactive ketones (excluding diaryl/α,β-unsaturated/α-hetero) is 1. The average Bonchev–Trinajstić information content (AvgIpc) is 2.91. The van der Waals surface area contributed by atoms with Crippen LogP contribution < -0.4 is 14.8 Å². The molecule has 196 valence electrons. The van der Waals surface area contributed by atoms with Crippen molar-refractivity contribution in [3.63, 3.8) is 0 Å². The van der Waals surface area contributed by atoms with Gasteiger partial charge in [0.1, 0.15) is 0 Å². The first-order chi connectivity index (χ1) is 18.7. The number of esters is 1. The number of methoxy groups -OCH3 is 1. The minimum Gasteiger partial charge on any atom is -0.493 e. The van der Waals surface area contributed by atoms with Crippen molar-refractivity contribution < 1.29 is 19.1 Å². The number of hydrogen-bond donors (Lipinski definition) is 1. The Morgan fingerprint density at radius 1 is 0.923 bits per heavy atom. The molecule has 39 heavy (non-hydrogen) atoms. The van der Waals surface area contributed by atoms with Crippen LogP contribution in [-0.4, -0.2) is 18.9 Å². The average molecular weight is 518 g/mol. The third kappa shape index (κ3) is 4.48. The Morgan fingerprint density at radius 3 is 2.46 bits per heavy atom. The number of aryl methyl sites for hydroxylation is 1. The molecule has 0 aromatic heterocycles. The van der Waals surface area contributed by atoms with Crippen LogP contribution in [0.3, 0.4) is 0 Å². The van der Waals surface area contributed by atoms with Gasteiger partial charge in [0.15, 0.2) is 17.3 Å². The van der Waals surface area contributed by atoms with Crippen LogP contribution in [0.2, 0.25) is 0 Å². The molecule has 5 heteroatoms. The lowest BCUT2D eigenvalue weighted by Crippen LogP contribution is -2.33. The summed E-state index contributed by atoms with van der Waals surface area (Å²) in [6, 6.07) is 25.4. The highest BCUT2D eigenvalue weighted by Crippen LogP contribution is 2.51. The summed E-state index contributed by atoms with van der Waals surface area (Å²) in [5.41, 5.74) is 6.22. The van der Waals surface area contributed by atoms with Gasteiger partial charge in [0.05, 0.1) is 12.7 Å². The highest BCUT2D eigenvalue weighted by molar-refractivity contribution is 6.04. The van der Waals surface area contributed by atoms with E-state index in [-0.39, 0.29) is 17.1 Å². The molecule has 0 radical (unpaired) electrons.